The van der Waals surface area contributed by atoms with Crippen LogP contribution >= 0.6 is 0 Å². The minimum atomic E-state index is -0.985. The van der Waals surface area contributed by atoms with Gasteiger partial charge in [-0.2, -0.15) is 0 Å². The molecule has 0 saturated heterocycles. The van der Waals surface area contributed by atoms with Gasteiger partial charge in [0.25, 0.3) is 0 Å². The van der Waals surface area contributed by atoms with Gasteiger partial charge in [0.05, 0.1) is 23.5 Å². The molecule has 0 spiro atoms. The largest absolute Gasteiger partial charge is 0.481 e. The van der Waals surface area contributed by atoms with E-state index in [1.54, 1.807) is 25.4 Å². The van der Waals surface area contributed by atoms with Crippen molar-refractivity contribution < 1.29 is 14.7 Å². The Hall–Kier alpha value is -2.11. The van der Waals surface area contributed by atoms with Crippen LogP contribution in [0.15, 0.2) is 18.5 Å². The quantitative estimate of drug-likeness (QED) is 0.841. The first kappa shape index (κ1) is 14.9. The molecule has 104 valence electrons. The number of anilines is 2. The zero-order valence-electron chi connectivity index (χ0n) is 11.5. The lowest BCUT2D eigenvalue weighted by Crippen LogP contribution is -2.30. The van der Waals surface area contributed by atoms with Crippen LogP contribution in [0.25, 0.3) is 0 Å². The summed E-state index contributed by atoms with van der Waals surface area (Å²) in [6.07, 6.45) is 3.18. The number of carbonyl (C=O) groups excluding carboxylic acids is 1. The van der Waals surface area contributed by atoms with Crippen LogP contribution in [0.4, 0.5) is 11.4 Å². The number of carboxylic acid groups (broad SMARTS) is 1. The summed E-state index contributed by atoms with van der Waals surface area (Å²) < 4.78 is 0. The normalized spacial score (nSPS) is 13.5. The molecule has 6 heteroatoms. The van der Waals surface area contributed by atoms with Crippen molar-refractivity contribution in [2.24, 2.45) is 11.8 Å². The Bertz CT molecular complexity index is 474. The first-order valence-electron chi connectivity index (χ1n) is 5.99. The maximum absolute atomic E-state index is 12.0. The van der Waals surface area contributed by atoms with Crippen molar-refractivity contribution in [1.29, 1.82) is 0 Å². The molecule has 19 heavy (non-hydrogen) atoms. The monoisotopic (exact) mass is 265 g/mol. The number of nitrogens with one attached hydrogen (secondary N) is 1. The Morgan fingerprint density at radius 2 is 1.95 bits per heavy atom. The molecular weight excluding hydrogens is 246 g/mol. The highest BCUT2D eigenvalue weighted by molar-refractivity contribution is 5.97. The van der Waals surface area contributed by atoms with Crippen LogP contribution in [-0.4, -0.2) is 36.1 Å². The van der Waals surface area contributed by atoms with Gasteiger partial charge in [-0.1, -0.05) is 13.8 Å². The van der Waals surface area contributed by atoms with Crippen molar-refractivity contribution in [1.82, 2.24) is 4.98 Å². The Labute approximate surface area is 112 Å². The molecule has 0 aliphatic carbocycles. The lowest BCUT2D eigenvalue weighted by molar-refractivity contribution is -0.145. The molecule has 1 rings (SSSR count). The Kier molecular flexibility index (Phi) is 4.86. The van der Waals surface area contributed by atoms with Crippen molar-refractivity contribution >= 4 is 23.3 Å². The SMILES string of the molecule is CC(C(=O)O)C(C)C(=O)Nc1cnccc1N(C)C. The van der Waals surface area contributed by atoms with E-state index in [4.69, 9.17) is 5.11 Å². The van der Waals surface area contributed by atoms with Gasteiger partial charge in [0.15, 0.2) is 0 Å². The molecule has 0 bridgehead atoms. The number of aliphatic carboxylic acids is 1. The van der Waals surface area contributed by atoms with Crippen LogP contribution in [0, 0.1) is 11.8 Å². The zero-order chi connectivity index (χ0) is 14.6. The summed E-state index contributed by atoms with van der Waals surface area (Å²) in [4.78, 5) is 28.7. The summed E-state index contributed by atoms with van der Waals surface area (Å²) in [7, 11) is 3.71. The molecule has 1 aromatic heterocycles. The Balaban J connectivity index is 2.85. The second-order valence-electron chi connectivity index (χ2n) is 4.69. The van der Waals surface area contributed by atoms with E-state index >= 15 is 0 Å². The average Bonchev–Trinajstić information content (AvgIpc) is 2.37. The number of pyridine rings is 1. The Morgan fingerprint density at radius 1 is 1.32 bits per heavy atom. The Morgan fingerprint density at radius 3 is 2.47 bits per heavy atom. The first-order valence-corrected chi connectivity index (χ1v) is 5.99. The number of nitrogens with zero attached hydrogens (tertiary/aromatic N) is 2. The second kappa shape index (κ2) is 6.17. The zero-order valence-corrected chi connectivity index (χ0v) is 11.5. The molecule has 2 unspecified atom stereocenters. The molecule has 2 N–H and O–H groups in total. The van der Waals surface area contributed by atoms with Crippen LogP contribution in [0.1, 0.15) is 13.8 Å². The maximum Gasteiger partial charge on any atom is 0.307 e. The van der Waals surface area contributed by atoms with Gasteiger partial charge in [-0.25, -0.2) is 0 Å². The number of hydrogen-bond donors (Lipinski definition) is 2. The van der Waals surface area contributed by atoms with E-state index in [2.05, 4.69) is 10.3 Å². The van der Waals surface area contributed by atoms with Crippen molar-refractivity contribution in [3.05, 3.63) is 18.5 Å². The average molecular weight is 265 g/mol. The second-order valence-corrected chi connectivity index (χ2v) is 4.69. The summed E-state index contributed by atoms with van der Waals surface area (Å²) in [6, 6.07) is 1.78. The molecule has 0 aromatic carbocycles. The molecule has 6 nitrogen and oxygen atoms in total. The van der Waals surface area contributed by atoms with Crippen LogP contribution in [-0.2, 0) is 9.59 Å². The van der Waals surface area contributed by atoms with E-state index < -0.39 is 17.8 Å². The molecule has 2 atom stereocenters. The number of hydrogen-bond acceptors (Lipinski definition) is 4. The minimum absolute atomic E-state index is 0.328. The van der Waals surface area contributed by atoms with Crippen molar-refractivity contribution in [2.75, 3.05) is 24.3 Å². The molecule has 0 aliphatic rings. The molecule has 1 aromatic rings. The fraction of sp³-hybridized carbons (Fsp3) is 0.462. The van der Waals surface area contributed by atoms with Gasteiger partial charge in [-0.15, -0.1) is 0 Å². The molecule has 0 saturated carbocycles. The van der Waals surface area contributed by atoms with Crippen molar-refractivity contribution in [3.63, 3.8) is 0 Å². The van der Waals surface area contributed by atoms with Crippen molar-refractivity contribution in [2.45, 2.75) is 13.8 Å². The molecular formula is C13H19N3O3. The van der Waals surface area contributed by atoms with Gasteiger partial charge in [0.1, 0.15) is 0 Å². The van der Waals surface area contributed by atoms with Crippen LogP contribution in [0.2, 0.25) is 0 Å². The standard InChI is InChI=1S/C13H19N3O3/c1-8(9(2)13(18)19)12(17)15-10-7-14-6-5-11(10)16(3)4/h5-9H,1-4H3,(H,15,17)(H,18,19). The first-order chi connectivity index (χ1) is 8.84. The third kappa shape index (κ3) is 3.67. The van der Waals surface area contributed by atoms with Gasteiger partial charge < -0.3 is 15.3 Å². The lowest BCUT2D eigenvalue weighted by atomic mass is 9.95. The minimum Gasteiger partial charge on any atom is -0.481 e. The van der Waals surface area contributed by atoms with Gasteiger partial charge in [0, 0.05) is 26.2 Å². The maximum atomic E-state index is 12.0. The highest BCUT2D eigenvalue weighted by Gasteiger charge is 2.26. The molecule has 1 heterocycles. The number of aromatic nitrogens is 1. The van der Waals surface area contributed by atoms with Gasteiger partial charge in [0.2, 0.25) is 5.91 Å². The number of carboxylic acids is 1. The van der Waals surface area contributed by atoms with E-state index in [1.807, 2.05) is 19.0 Å². The van der Waals surface area contributed by atoms with E-state index in [9.17, 15) is 9.59 Å². The summed E-state index contributed by atoms with van der Waals surface area (Å²) >= 11 is 0. The van der Waals surface area contributed by atoms with Crippen LogP contribution in [0.3, 0.4) is 0 Å². The number of carbonyl (C=O) groups is 2. The summed E-state index contributed by atoms with van der Waals surface area (Å²) in [5, 5.41) is 11.6. The van der Waals surface area contributed by atoms with Crippen LogP contribution < -0.4 is 10.2 Å². The predicted molar refractivity (Wildman–Crippen MR) is 73.2 cm³/mol. The third-order valence-electron chi connectivity index (χ3n) is 3.09. The van der Waals surface area contributed by atoms with E-state index in [0.717, 1.165) is 5.69 Å². The van der Waals surface area contributed by atoms with Crippen LogP contribution in [0.5, 0.6) is 0 Å². The predicted octanol–water partition coefficient (Wildman–Crippen LogP) is 1.44. The highest BCUT2D eigenvalue weighted by Crippen LogP contribution is 2.23. The van der Waals surface area contributed by atoms with Gasteiger partial charge >= 0.3 is 5.97 Å². The van der Waals surface area contributed by atoms with Gasteiger partial charge in [-0.3, -0.25) is 14.6 Å². The highest BCUT2D eigenvalue weighted by atomic mass is 16.4. The molecule has 1 amide bonds. The van der Waals surface area contributed by atoms with Gasteiger partial charge in [-0.05, 0) is 6.07 Å². The lowest BCUT2D eigenvalue weighted by Gasteiger charge is -2.20. The fourth-order valence-corrected chi connectivity index (χ4v) is 1.56. The molecule has 0 aliphatic heterocycles. The van der Waals surface area contributed by atoms with E-state index in [1.165, 1.54) is 6.92 Å². The topological polar surface area (TPSA) is 82.5 Å². The molecule has 0 radical (unpaired) electrons. The summed E-state index contributed by atoms with van der Waals surface area (Å²) in [6.45, 7) is 3.11. The number of rotatable bonds is 5. The summed E-state index contributed by atoms with van der Waals surface area (Å²) in [5.74, 6) is -2.67. The molecule has 0 fully saturated rings. The smallest absolute Gasteiger partial charge is 0.307 e. The summed E-state index contributed by atoms with van der Waals surface area (Å²) in [5.41, 5.74) is 1.39. The van der Waals surface area contributed by atoms with Crippen molar-refractivity contribution in [3.8, 4) is 0 Å². The van der Waals surface area contributed by atoms with E-state index in [0.29, 0.717) is 5.69 Å². The number of amides is 1. The van der Waals surface area contributed by atoms with E-state index in [-0.39, 0.29) is 5.91 Å². The third-order valence-corrected chi connectivity index (χ3v) is 3.09. The fourth-order valence-electron chi connectivity index (χ4n) is 1.56.